The van der Waals surface area contributed by atoms with Crippen molar-refractivity contribution in [2.75, 3.05) is 6.61 Å². The predicted molar refractivity (Wildman–Crippen MR) is 149 cm³/mol. The van der Waals surface area contributed by atoms with E-state index in [1.54, 1.807) is 0 Å². The van der Waals surface area contributed by atoms with Crippen LogP contribution in [0.2, 0.25) is 5.02 Å². The van der Waals surface area contributed by atoms with E-state index in [0.29, 0.717) is 35.7 Å². The van der Waals surface area contributed by atoms with Crippen LogP contribution in [0.15, 0.2) is 95.1 Å². The summed E-state index contributed by atoms with van der Waals surface area (Å²) in [5, 5.41) is 0.664. The number of nitrogens with zero attached hydrogens (tertiary/aromatic N) is 1. The number of hydrogen-bond donors (Lipinski definition) is 0. The molecule has 0 radical (unpaired) electrons. The van der Waals surface area contributed by atoms with E-state index in [1.807, 2.05) is 92.7 Å². The smallest absolute Gasteiger partial charge is 0.336 e. The lowest BCUT2D eigenvalue weighted by molar-refractivity contribution is -0.140. The van der Waals surface area contributed by atoms with Gasteiger partial charge in [-0.25, -0.2) is 4.79 Å². The zero-order valence-electron chi connectivity index (χ0n) is 21.5. The number of halogens is 1. The molecule has 0 spiro atoms. The summed E-state index contributed by atoms with van der Waals surface area (Å²) in [5.74, 6) is -0.585. The molecule has 38 heavy (non-hydrogen) atoms. The first-order valence-electron chi connectivity index (χ1n) is 12.9. The lowest BCUT2D eigenvalue weighted by Crippen LogP contribution is -2.41. The standard InChI is InChI=1S/C32H30ClNO4/c1-3-37-26-15-11-23(12-16-26)30-29(32(36)38-19-21-7-5-4-6-8-21)20(2)34-27-17-24(18-28(35)31(27)30)22-9-13-25(33)14-10-22/h4-16,24,30-31H,3,17-19H2,1-2H3/t24-,30+,31?/m1/s1. The van der Waals surface area contributed by atoms with E-state index in [0.717, 1.165) is 28.2 Å². The third kappa shape index (κ3) is 5.44. The van der Waals surface area contributed by atoms with Gasteiger partial charge in [-0.3, -0.25) is 9.79 Å². The monoisotopic (exact) mass is 527 g/mol. The number of hydrogen-bond acceptors (Lipinski definition) is 5. The summed E-state index contributed by atoms with van der Waals surface area (Å²) in [6.45, 7) is 4.48. The molecule has 5 rings (SSSR count). The maximum atomic E-state index is 13.8. The highest BCUT2D eigenvalue weighted by Gasteiger charge is 2.46. The van der Waals surface area contributed by atoms with Crippen molar-refractivity contribution < 1.29 is 19.1 Å². The van der Waals surface area contributed by atoms with Crippen molar-refractivity contribution in [1.82, 2.24) is 0 Å². The molecule has 6 heteroatoms. The van der Waals surface area contributed by atoms with Crippen LogP contribution in [0.25, 0.3) is 0 Å². The average molecular weight is 528 g/mol. The zero-order chi connectivity index (χ0) is 26.6. The Morgan fingerprint density at radius 2 is 1.61 bits per heavy atom. The number of carbonyl (C=O) groups is 2. The molecule has 1 unspecified atom stereocenters. The quantitative estimate of drug-likeness (QED) is 0.309. The van der Waals surface area contributed by atoms with Crippen molar-refractivity contribution in [3.05, 3.63) is 112 Å². The molecule has 1 aliphatic carbocycles. The summed E-state index contributed by atoms with van der Waals surface area (Å²) < 4.78 is 11.4. The number of Topliss-reactive ketones (excluding diaryl/α,β-unsaturated/α-hetero) is 1. The van der Waals surface area contributed by atoms with Crippen LogP contribution in [-0.2, 0) is 20.9 Å². The van der Waals surface area contributed by atoms with E-state index in [9.17, 15) is 9.59 Å². The fourth-order valence-corrected chi connectivity index (χ4v) is 5.64. The van der Waals surface area contributed by atoms with Gasteiger partial charge in [0, 0.05) is 28.8 Å². The Labute approximate surface area is 228 Å². The summed E-state index contributed by atoms with van der Waals surface area (Å²) >= 11 is 6.09. The molecule has 0 N–H and O–H groups in total. The van der Waals surface area contributed by atoms with Gasteiger partial charge in [-0.15, -0.1) is 0 Å². The van der Waals surface area contributed by atoms with Crippen LogP contribution in [0, 0.1) is 5.92 Å². The van der Waals surface area contributed by atoms with Crippen LogP contribution in [0.3, 0.4) is 0 Å². The molecule has 5 nitrogen and oxygen atoms in total. The molecule has 0 aromatic heterocycles. The van der Waals surface area contributed by atoms with E-state index >= 15 is 0 Å². The van der Waals surface area contributed by atoms with Gasteiger partial charge in [0.05, 0.1) is 18.1 Å². The first-order valence-corrected chi connectivity index (χ1v) is 13.3. The van der Waals surface area contributed by atoms with Crippen LogP contribution >= 0.6 is 11.6 Å². The van der Waals surface area contributed by atoms with Crippen molar-refractivity contribution >= 4 is 29.1 Å². The summed E-state index contributed by atoms with van der Waals surface area (Å²) in [6, 6.07) is 24.9. The Morgan fingerprint density at radius 3 is 2.29 bits per heavy atom. The van der Waals surface area contributed by atoms with Crippen molar-refractivity contribution in [3.8, 4) is 5.75 Å². The number of esters is 1. The molecule has 3 aromatic rings. The lowest BCUT2D eigenvalue weighted by Gasteiger charge is -2.38. The fraction of sp³-hybridized carbons (Fsp3) is 0.281. The SMILES string of the molecule is CCOc1ccc([C@H]2C(C(=O)OCc3ccccc3)=C(C)N=C3C[C@@H](c4ccc(Cl)cc4)CC(=O)C32)cc1. The summed E-state index contributed by atoms with van der Waals surface area (Å²) in [6.07, 6.45) is 1.03. The number of rotatable bonds is 7. The van der Waals surface area contributed by atoms with Crippen LogP contribution in [0.5, 0.6) is 5.75 Å². The Bertz CT molecular complexity index is 1380. The van der Waals surface area contributed by atoms with Crippen LogP contribution in [0.4, 0.5) is 0 Å². The number of benzene rings is 3. The van der Waals surface area contributed by atoms with Gasteiger partial charge in [-0.05, 0) is 67.1 Å². The van der Waals surface area contributed by atoms with Crippen LogP contribution < -0.4 is 4.74 Å². The molecule has 1 fully saturated rings. The van der Waals surface area contributed by atoms with Crippen molar-refractivity contribution in [1.29, 1.82) is 0 Å². The lowest BCUT2D eigenvalue weighted by atomic mass is 9.66. The highest BCUT2D eigenvalue weighted by molar-refractivity contribution is 6.30. The third-order valence-electron chi connectivity index (χ3n) is 7.28. The number of ketones is 1. The Morgan fingerprint density at radius 1 is 0.921 bits per heavy atom. The molecule has 3 aromatic carbocycles. The van der Waals surface area contributed by atoms with E-state index in [2.05, 4.69) is 0 Å². The second-order valence-corrected chi connectivity index (χ2v) is 10.2. The Kier molecular flexibility index (Phi) is 7.75. The van der Waals surface area contributed by atoms with Gasteiger partial charge in [-0.2, -0.15) is 0 Å². The van der Waals surface area contributed by atoms with Gasteiger partial charge in [0.25, 0.3) is 0 Å². The topological polar surface area (TPSA) is 65.0 Å². The molecule has 0 saturated heterocycles. The number of ether oxygens (including phenoxy) is 2. The molecule has 1 heterocycles. The van der Waals surface area contributed by atoms with Gasteiger partial charge in [0.2, 0.25) is 0 Å². The first-order chi connectivity index (χ1) is 18.4. The molecular weight excluding hydrogens is 498 g/mol. The number of fused-ring (bicyclic) bond motifs is 1. The van der Waals surface area contributed by atoms with E-state index < -0.39 is 17.8 Å². The molecule has 0 bridgehead atoms. The molecule has 1 saturated carbocycles. The number of carbonyl (C=O) groups excluding carboxylic acids is 2. The first kappa shape index (κ1) is 25.9. The Hall–Kier alpha value is -3.70. The summed E-state index contributed by atoms with van der Waals surface area (Å²) in [5.41, 5.74) is 4.69. The van der Waals surface area contributed by atoms with E-state index in [-0.39, 0.29) is 18.3 Å². The van der Waals surface area contributed by atoms with Gasteiger partial charge in [-0.1, -0.05) is 66.2 Å². The van der Waals surface area contributed by atoms with Crippen molar-refractivity contribution in [3.63, 3.8) is 0 Å². The second-order valence-electron chi connectivity index (χ2n) is 9.74. The largest absolute Gasteiger partial charge is 0.494 e. The molecule has 1 aliphatic heterocycles. The summed E-state index contributed by atoms with van der Waals surface area (Å²) in [7, 11) is 0. The molecule has 2 aliphatic rings. The maximum Gasteiger partial charge on any atom is 0.336 e. The zero-order valence-corrected chi connectivity index (χ0v) is 22.3. The minimum Gasteiger partial charge on any atom is -0.494 e. The molecular formula is C32H30ClNO4. The van der Waals surface area contributed by atoms with E-state index in [4.69, 9.17) is 26.1 Å². The predicted octanol–water partition coefficient (Wildman–Crippen LogP) is 7.06. The molecule has 3 atom stereocenters. The molecule has 194 valence electrons. The van der Waals surface area contributed by atoms with Crippen LogP contribution in [0.1, 0.15) is 55.2 Å². The maximum absolute atomic E-state index is 13.8. The van der Waals surface area contributed by atoms with E-state index in [1.165, 1.54) is 0 Å². The number of allylic oxidation sites excluding steroid dienone is 1. The third-order valence-corrected chi connectivity index (χ3v) is 7.53. The Balaban J connectivity index is 1.51. The van der Waals surface area contributed by atoms with Gasteiger partial charge >= 0.3 is 5.97 Å². The van der Waals surface area contributed by atoms with Gasteiger partial charge in [0.15, 0.2) is 0 Å². The second kappa shape index (κ2) is 11.4. The highest BCUT2D eigenvalue weighted by Crippen LogP contribution is 2.46. The van der Waals surface area contributed by atoms with Crippen molar-refractivity contribution in [2.45, 2.75) is 45.1 Å². The molecule has 0 amide bonds. The number of aliphatic imine (C=N–C) groups is 1. The minimum atomic E-state index is -0.514. The normalized spacial score (nSPS) is 21.0. The average Bonchev–Trinajstić information content (AvgIpc) is 2.92. The fourth-order valence-electron chi connectivity index (χ4n) is 5.51. The van der Waals surface area contributed by atoms with Gasteiger partial charge in [0.1, 0.15) is 18.1 Å². The minimum absolute atomic E-state index is 0.0233. The van der Waals surface area contributed by atoms with Crippen molar-refractivity contribution in [2.24, 2.45) is 10.9 Å². The highest BCUT2D eigenvalue weighted by atomic mass is 35.5. The van der Waals surface area contributed by atoms with Crippen LogP contribution in [-0.4, -0.2) is 24.1 Å². The van der Waals surface area contributed by atoms with Gasteiger partial charge < -0.3 is 9.47 Å². The summed E-state index contributed by atoms with van der Waals surface area (Å²) in [4.78, 5) is 32.2.